The van der Waals surface area contributed by atoms with Crippen molar-refractivity contribution in [3.8, 4) is 0 Å². The smallest absolute Gasteiger partial charge is 0.0725 e. The van der Waals surface area contributed by atoms with Gasteiger partial charge in [0.2, 0.25) is 0 Å². The maximum atomic E-state index is 9.61. The minimum atomic E-state index is -0.276. The summed E-state index contributed by atoms with van der Waals surface area (Å²) in [5.74, 6) is 20.6. The van der Waals surface area contributed by atoms with E-state index in [-0.39, 0.29) is 28.6 Å². The zero-order valence-electron chi connectivity index (χ0n) is 82.6. The van der Waals surface area contributed by atoms with Gasteiger partial charge in [0.25, 0.3) is 0 Å². The van der Waals surface area contributed by atoms with Crippen LogP contribution in [-0.4, -0.2) is 144 Å². The highest BCUT2D eigenvalue weighted by atomic mass is 16.3. The molecule has 22 nitrogen and oxygen atoms in total. The van der Waals surface area contributed by atoms with Crippen LogP contribution in [0.5, 0.6) is 0 Å². The van der Waals surface area contributed by atoms with E-state index in [4.69, 9.17) is 120 Å². The molecule has 0 aromatic carbocycles. The van der Waals surface area contributed by atoms with E-state index in [9.17, 15) is 5.11 Å². The van der Waals surface area contributed by atoms with Gasteiger partial charge in [-0.25, -0.2) is 0 Å². The van der Waals surface area contributed by atoms with Crippen LogP contribution in [0.4, 0.5) is 0 Å². The van der Waals surface area contributed by atoms with Crippen molar-refractivity contribution in [3.63, 3.8) is 0 Å². The van der Waals surface area contributed by atoms with E-state index in [2.05, 4.69) is 27.7 Å². The lowest BCUT2D eigenvalue weighted by Gasteiger charge is -2.62. The first-order chi connectivity index (χ1) is 60.9. The highest BCUT2D eigenvalue weighted by Crippen LogP contribution is 2.66. The van der Waals surface area contributed by atoms with Gasteiger partial charge in [-0.2, -0.15) is 0 Å². The van der Waals surface area contributed by atoms with Crippen molar-refractivity contribution in [2.45, 2.75) is 390 Å². The van der Waals surface area contributed by atoms with Crippen molar-refractivity contribution in [1.82, 2.24) is 0 Å². The second kappa shape index (κ2) is 51.2. The molecule has 22 heteroatoms. The Hall–Kier alpha value is -0.880. The molecule has 16 bridgehead atoms. The molecule has 0 aromatic rings. The molecule has 0 spiro atoms. The zero-order chi connectivity index (χ0) is 92.0. The molecule has 21 rings (SSSR count). The summed E-state index contributed by atoms with van der Waals surface area (Å²) in [6.45, 7) is 21.3. The average Bonchev–Trinajstić information content (AvgIpc) is 1.66. The molecule has 0 saturated heterocycles. The molecule has 0 aliphatic heterocycles. The lowest BCUT2D eigenvalue weighted by atomic mass is 9.44. The van der Waals surface area contributed by atoms with Gasteiger partial charge in [-0.3, -0.25) is 0 Å². The van der Waals surface area contributed by atoms with Gasteiger partial charge in [0.05, 0.1) is 6.10 Å². The summed E-state index contributed by atoms with van der Waals surface area (Å²) < 4.78 is 0. The fourth-order valence-corrected chi connectivity index (χ4v) is 33.3. The monoisotopic (exact) mass is 1780 g/mol. The summed E-state index contributed by atoms with van der Waals surface area (Å²) in [5.41, 5.74) is 125. The predicted octanol–water partition coefficient (Wildman–Crippen LogP) is 11.1. The number of rotatable bonds is 20. The Morgan fingerprint density at radius 1 is 0.339 bits per heavy atom. The number of nitrogens with two attached hydrogens (primary N) is 21. The Bertz CT molecular complexity index is 2890. The SMILES string of the molecule is CC1(C)C2CCC1(CN)C(N)C2.CCC(C)C1CCC(CN)CC1.NC1(CCCC2(N)CCCCC2)CCCCC1.NC1CC2CC(N)C1C2.NCC12CC3CC(C1)CC(CN)(C3)C2.NCC1C2CCC(C2)C1CN.NCC1C2CCCC(C2)C1CN.NCC1CC2CC(N)C1C2.NCC1CC2CC1C(O)C2N.NCC1CCCC1CN.NCC1CCCCC1CN. The number of fused-ring (bicyclic) bond motifs is 12. The highest BCUT2D eigenvalue weighted by molar-refractivity contribution is 5.15. The Morgan fingerprint density at radius 2 is 0.748 bits per heavy atom. The van der Waals surface area contributed by atoms with Crippen molar-refractivity contribution in [2.75, 3.05) is 91.6 Å². The van der Waals surface area contributed by atoms with Gasteiger partial charge in [0.15, 0.2) is 0 Å². The molecule has 127 heavy (non-hydrogen) atoms. The minimum absolute atomic E-state index is 0.0304. The van der Waals surface area contributed by atoms with Gasteiger partial charge < -0.3 is 126 Å². The molecule has 27 atom stereocenters. The van der Waals surface area contributed by atoms with Crippen molar-refractivity contribution in [3.05, 3.63) is 0 Å². The van der Waals surface area contributed by atoms with E-state index in [1.807, 2.05) is 0 Å². The second-order valence-electron chi connectivity index (χ2n) is 48.9. The van der Waals surface area contributed by atoms with E-state index in [0.717, 1.165) is 228 Å². The molecule has 43 N–H and O–H groups in total. The van der Waals surface area contributed by atoms with E-state index in [0.29, 0.717) is 70.6 Å². The number of hydrogen-bond acceptors (Lipinski definition) is 22. The normalized spacial score (nSPS) is 44.4. The van der Waals surface area contributed by atoms with Crippen LogP contribution in [0.15, 0.2) is 0 Å². The predicted molar refractivity (Wildman–Crippen MR) is 536 cm³/mol. The van der Waals surface area contributed by atoms with Crippen molar-refractivity contribution < 1.29 is 5.11 Å². The standard InChI is InChI=1S/C15H30N2.C12H22N2.C11H23N.2C10H20N2.C9H18N2.C8H16N2O.C8H16N2.C8H18N2.C7H14N2.C7H16N2/c16-14(8-3-1-4-9-14)12-7-13-15(17)10-5-2-6-11-15;13-7-11-2-9-1-10(4-11)5-12(3-9,6-11)8-14;1-3-9(2)11-6-4-10(8-12)5-7-11;1-9(2)7-3-4-10(9,6-11)8(12)5-7;11-5-9-7-2-1-3-8(4-7)10(9)6-12;10-4-8-6-1-2-7(3-6)9(8)5-11;9-3-5-1-4-2-6(5)8(11)7(4)10;9-4-6-1-5-2-7(6)8(10)3-5;9-5-7-3-1-2-4-8(7)6-10;8-6-2-4-1-5(6)7(9)3-4;8-4-6-2-1-3-7(6)5-9/h1-13,16-17H2;9-10H,1-8,13-14H2;9-11H,3-8,12H2,1-2H3;7-8H,3-6,11-12H2,1-2H3;7-10H,1-6,11-12H2;6-9H,1-5,10-11H2;4-8,11H,1-3,9-10H2;5-8H,1-4,9-10H2;7-8H,1-6,9-10H2;4-7H,1-3,8-9H2;6-7H,1-5,8-9H2. The Morgan fingerprint density at radius 3 is 1.07 bits per heavy atom. The number of aliphatic hydroxyl groups excluding tert-OH is 1. The molecule has 744 valence electrons. The van der Waals surface area contributed by atoms with Crippen LogP contribution in [0.25, 0.3) is 0 Å². The molecule has 27 unspecified atom stereocenters. The molecule has 21 saturated carbocycles. The van der Waals surface area contributed by atoms with Gasteiger partial charge in [0.1, 0.15) is 0 Å². The first kappa shape index (κ1) is 108. The zero-order valence-corrected chi connectivity index (χ0v) is 82.6. The van der Waals surface area contributed by atoms with Crippen LogP contribution in [0.2, 0.25) is 0 Å². The van der Waals surface area contributed by atoms with Gasteiger partial charge in [-0.05, 0) is 493 Å². The summed E-state index contributed by atoms with van der Waals surface area (Å²) in [6.07, 6.45) is 64.8. The topological polar surface area (TPSA) is 567 Å². The van der Waals surface area contributed by atoms with Crippen LogP contribution in [0, 0.1) is 176 Å². The lowest BCUT2D eigenvalue weighted by Crippen LogP contribution is -2.56. The Balaban J connectivity index is 0.000000146. The van der Waals surface area contributed by atoms with Crippen molar-refractivity contribution in [1.29, 1.82) is 0 Å². The third-order valence-corrected chi connectivity index (χ3v) is 41.4. The molecule has 0 radical (unpaired) electrons. The van der Waals surface area contributed by atoms with E-state index < -0.39 is 0 Å². The first-order valence-corrected chi connectivity index (χ1v) is 54.8. The number of aliphatic hydroxyl groups is 1. The Kier molecular flexibility index (Phi) is 43.6. The van der Waals surface area contributed by atoms with Gasteiger partial charge in [-0.1, -0.05) is 111 Å². The maximum absolute atomic E-state index is 9.61. The number of hydrogen-bond donors (Lipinski definition) is 22. The summed E-state index contributed by atoms with van der Waals surface area (Å²) in [4.78, 5) is 0. The molecular weight excluding hydrogens is 1570 g/mol. The van der Waals surface area contributed by atoms with Crippen LogP contribution in [0.1, 0.15) is 342 Å². The van der Waals surface area contributed by atoms with Crippen LogP contribution in [0.3, 0.4) is 0 Å². The lowest BCUT2D eigenvalue weighted by molar-refractivity contribution is -0.101. The fraction of sp³-hybridized carbons (Fsp3) is 1.00. The van der Waals surface area contributed by atoms with Crippen molar-refractivity contribution >= 4 is 0 Å². The summed E-state index contributed by atoms with van der Waals surface area (Å²) >= 11 is 0. The third-order valence-electron chi connectivity index (χ3n) is 41.4. The van der Waals surface area contributed by atoms with Crippen LogP contribution < -0.4 is 120 Å². The molecule has 0 heterocycles. The molecular formula is C105H213N21O. The first-order valence-electron chi connectivity index (χ1n) is 54.8. The largest absolute Gasteiger partial charge is 0.391 e. The molecule has 21 aliphatic rings. The molecule has 21 aliphatic carbocycles. The average molecular weight is 1790 g/mol. The maximum Gasteiger partial charge on any atom is 0.0725 e. The van der Waals surface area contributed by atoms with E-state index in [1.165, 1.54) is 302 Å². The molecule has 0 aromatic heterocycles. The van der Waals surface area contributed by atoms with Crippen molar-refractivity contribution in [2.24, 2.45) is 296 Å². The molecule has 0 amide bonds. The summed E-state index contributed by atoms with van der Waals surface area (Å²) in [6, 6.07) is 1.73. The minimum Gasteiger partial charge on any atom is -0.391 e. The van der Waals surface area contributed by atoms with Gasteiger partial charge >= 0.3 is 0 Å². The second-order valence-corrected chi connectivity index (χ2v) is 48.9. The van der Waals surface area contributed by atoms with Gasteiger partial charge in [0, 0.05) is 46.7 Å². The van der Waals surface area contributed by atoms with Gasteiger partial charge in [-0.15, -0.1) is 0 Å². The highest BCUT2D eigenvalue weighted by Gasteiger charge is 2.63. The fourth-order valence-electron chi connectivity index (χ4n) is 33.3. The molecule has 21 fully saturated rings. The van der Waals surface area contributed by atoms with E-state index >= 15 is 0 Å². The third kappa shape index (κ3) is 27.4. The van der Waals surface area contributed by atoms with Crippen LogP contribution in [-0.2, 0) is 0 Å². The Labute approximate surface area is 778 Å². The van der Waals surface area contributed by atoms with E-state index in [1.54, 1.807) is 0 Å². The van der Waals surface area contributed by atoms with Crippen LogP contribution >= 0.6 is 0 Å². The summed E-state index contributed by atoms with van der Waals surface area (Å²) in [7, 11) is 0. The quantitative estimate of drug-likeness (QED) is 0.0538. The summed E-state index contributed by atoms with van der Waals surface area (Å²) in [5, 5.41) is 9.61.